The zero-order valence-corrected chi connectivity index (χ0v) is 21.2. The minimum absolute atomic E-state index is 0.106. The molecule has 0 bridgehead atoms. The number of likely N-dealkylation sites (tertiary alicyclic amines) is 1. The summed E-state index contributed by atoms with van der Waals surface area (Å²) in [6, 6.07) is 6.56. The van der Waals surface area contributed by atoms with Gasteiger partial charge in [-0.05, 0) is 19.4 Å². The van der Waals surface area contributed by atoms with Crippen molar-refractivity contribution in [1.29, 1.82) is 0 Å². The molecule has 0 saturated carbocycles. The molecule has 4 aromatic rings. The smallest absolute Gasteiger partial charge is 0.332 e. The Bertz CT molecular complexity index is 1550. The third-order valence-electron chi connectivity index (χ3n) is 6.65. The molecule has 1 saturated heterocycles. The zero-order chi connectivity index (χ0) is 25.6. The van der Waals surface area contributed by atoms with Gasteiger partial charge in [0.05, 0.1) is 31.4 Å². The van der Waals surface area contributed by atoms with E-state index in [9.17, 15) is 14.4 Å². The molecule has 0 spiro atoms. The Morgan fingerprint density at radius 3 is 2.50 bits per heavy atom. The molecule has 5 rings (SSSR count). The fourth-order valence-electron chi connectivity index (χ4n) is 4.74. The maximum atomic E-state index is 13.9. The molecule has 1 amide bonds. The van der Waals surface area contributed by atoms with Crippen LogP contribution in [0.2, 0.25) is 0 Å². The van der Waals surface area contributed by atoms with E-state index in [1.165, 1.54) is 25.6 Å². The molecule has 2 unspecified atom stereocenters. The quantitative estimate of drug-likeness (QED) is 0.373. The Labute approximate surface area is 210 Å². The molecule has 1 aliphatic rings. The Morgan fingerprint density at radius 2 is 1.86 bits per heavy atom. The van der Waals surface area contributed by atoms with E-state index in [-0.39, 0.29) is 12.5 Å². The molecule has 36 heavy (non-hydrogen) atoms. The number of ether oxygens (including phenoxy) is 2. The number of aromatic nitrogens is 5. The van der Waals surface area contributed by atoms with Crippen molar-refractivity contribution in [3.05, 3.63) is 68.6 Å². The topological polar surface area (TPSA) is 113 Å². The zero-order valence-electron chi connectivity index (χ0n) is 20.4. The van der Waals surface area contributed by atoms with Crippen LogP contribution in [-0.4, -0.2) is 62.7 Å². The van der Waals surface area contributed by atoms with Crippen molar-refractivity contribution in [2.24, 2.45) is 0 Å². The van der Waals surface area contributed by atoms with Gasteiger partial charge in [0.1, 0.15) is 27.7 Å². The van der Waals surface area contributed by atoms with Gasteiger partial charge < -0.3 is 14.4 Å². The van der Waals surface area contributed by atoms with Gasteiger partial charge in [0.2, 0.25) is 5.91 Å². The number of methoxy groups -OCH3 is 2. The number of hydrogen-bond acceptors (Lipinski definition) is 8. The predicted octanol–water partition coefficient (Wildman–Crippen LogP) is 1.91. The summed E-state index contributed by atoms with van der Waals surface area (Å²) < 4.78 is 13.9. The molecule has 4 heterocycles. The monoisotopic (exact) mass is 510 g/mol. The summed E-state index contributed by atoms with van der Waals surface area (Å²) in [5.74, 6) is 0.369. The fraction of sp³-hybridized carbons (Fsp3) is 0.375. The fourth-order valence-corrected chi connectivity index (χ4v) is 5.96. The summed E-state index contributed by atoms with van der Waals surface area (Å²) in [7, 11) is 4.80. The first-order chi connectivity index (χ1) is 17.4. The molecule has 2 atom stereocenters. The van der Waals surface area contributed by atoms with Gasteiger partial charge in [-0.1, -0.05) is 29.5 Å². The molecule has 1 fully saturated rings. The number of amides is 1. The summed E-state index contributed by atoms with van der Waals surface area (Å²) in [6.45, 7) is 2.38. The third-order valence-corrected chi connectivity index (χ3v) is 7.93. The van der Waals surface area contributed by atoms with Gasteiger partial charge in [-0.2, -0.15) is 10.2 Å². The average Bonchev–Trinajstić information content (AvgIpc) is 3.61. The minimum atomic E-state index is -0.858. The molecule has 1 aromatic carbocycles. The lowest BCUT2D eigenvalue weighted by atomic mass is 10.1. The van der Waals surface area contributed by atoms with Crippen LogP contribution in [0.3, 0.4) is 0 Å². The highest BCUT2D eigenvalue weighted by atomic mass is 32.1. The Kier molecular flexibility index (Phi) is 6.22. The van der Waals surface area contributed by atoms with Gasteiger partial charge in [-0.3, -0.25) is 14.2 Å². The van der Waals surface area contributed by atoms with E-state index in [4.69, 9.17) is 9.47 Å². The molecule has 3 aromatic heterocycles. The third kappa shape index (κ3) is 3.73. The number of aryl methyl sites for hydroxylation is 1. The largest absolute Gasteiger partial charge is 0.496 e. The summed E-state index contributed by atoms with van der Waals surface area (Å²) in [6.07, 6.45) is 2.92. The van der Waals surface area contributed by atoms with E-state index in [0.29, 0.717) is 39.5 Å². The van der Waals surface area contributed by atoms with Gasteiger partial charge in [-0.15, -0.1) is 4.80 Å². The van der Waals surface area contributed by atoms with Crippen molar-refractivity contribution in [2.75, 3.05) is 27.8 Å². The maximum Gasteiger partial charge on any atom is 0.332 e. The molecule has 12 heteroatoms. The first-order valence-corrected chi connectivity index (χ1v) is 12.2. The molecule has 1 aliphatic heterocycles. The van der Waals surface area contributed by atoms with Gasteiger partial charge >= 0.3 is 5.69 Å². The van der Waals surface area contributed by atoms with Crippen molar-refractivity contribution in [1.82, 2.24) is 29.0 Å². The number of thiophene rings is 1. The van der Waals surface area contributed by atoms with Crippen molar-refractivity contribution < 1.29 is 14.3 Å². The van der Waals surface area contributed by atoms with Gasteiger partial charge in [0.15, 0.2) is 0 Å². The Hall–Kier alpha value is -3.77. The predicted molar refractivity (Wildman–Crippen MR) is 134 cm³/mol. The second-order valence-electron chi connectivity index (χ2n) is 8.63. The number of likely N-dealkylation sites (N-methyl/N-ethyl adjacent to an activating group) is 1. The average molecular weight is 511 g/mol. The van der Waals surface area contributed by atoms with Crippen LogP contribution in [0.4, 0.5) is 0 Å². The summed E-state index contributed by atoms with van der Waals surface area (Å²) in [5, 5.41) is 9.41. The SMILES string of the molecule is COc1ccccc1C(Cn1c(=O)n(C2CCN(C)C2=O)c(=O)c2c(C)c(-n3nccn3)sc21)OC. The van der Waals surface area contributed by atoms with Gasteiger partial charge in [-0.25, -0.2) is 9.36 Å². The summed E-state index contributed by atoms with van der Waals surface area (Å²) >= 11 is 1.25. The van der Waals surface area contributed by atoms with Crippen LogP contribution in [-0.2, 0) is 16.1 Å². The molecular formula is C24H26N6O5S. The standard InChI is InChI=1S/C24H26N6O5S/c1-14-19-21(32)29(16-9-12-27(2)20(16)31)24(33)28(23(19)36-22(14)30-25-10-11-26-30)13-18(35-4)15-7-5-6-8-17(15)34-3/h5-8,10-11,16,18H,9,12-13H2,1-4H3. The molecule has 188 valence electrons. The lowest BCUT2D eigenvalue weighted by molar-refractivity contribution is -0.129. The highest BCUT2D eigenvalue weighted by Gasteiger charge is 2.35. The van der Waals surface area contributed by atoms with Crippen LogP contribution in [0.15, 0.2) is 46.2 Å². The number of benzene rings is 1. The van der Waals surface area contributed by atoms with E-state index in [1.54, 1.807) is 40.6 Å². The molecule has 0 aliphatic carbocycles. The van der Waals surface area contributed by atoms with Gasteiger partial charge in [0, 0.05) is 31.8 Å². The van der Waals surface area contributed by atoms with Crippen LogP contribution < -0.4 is 16.0 Å². The number of carbonyl (C=O) groups is 1. The van der Waals surface area contributed by atoms with E-state index in [1.807, 2.05) is 24.3 Å². The highest BCUT2D eigenvalue weighted by Crippen LogP contribution is 2.33. The molecule has 0 N–H and O–H groups in total. The number of rotatable bonds is 7. The van der Waals surface area contributed by atoms with Crippen molar-refractivity contribution in [3.8, 4) is 10.8 Å². The normalized spacial score (nSPS) is 16.7. The van der Waals surface area contributed by atoms with Crippen LogP contribution in [0, 0.1) is 6.92 Å². The first-order valence-electron chi connectivity index (χ1n) is 11.4. The van der Waals surface area contributed by atoms with Crippen LogP contribution in [0.25, 0.3) is 15.2 Å². The molecule has 11 nitrogen and oxygen atoms in total. The second kappa shape index (κ2) is 9.36. The summed E-state index contributed by atoms with van der Waals surface area (Å²) in [4.78, 5) is 44.0. The van der Waals surface area contributed by atoms with E-state index < -0.39 is 23.4 Å². The van der Waals surface area contributed by atoms with E-state index in [2.05, 4.69) is 10.2 Å². The van der Waals surface area contributed by atoms with Crippen LogP contribution >= 0.6 is 11.3 Å². The van der Waals surface area contributed by atoms with E-state index >= 15 is 0 Å². The molecule has 0 radical (unpaired) electrons. The highest BCUT2D eigenvalue weighted by molar-refractivity contribution is 7.21. The van der Waals surface area contributed by atoms with Crippen LogP contribution in [0.5, 0.6) is 5.75 Å². The first kappa shape index (κ1) is 23.9. The number of fused-ring (bicyclic) bond motifs is 1. The maximum absolute atomic E-state index is 13.9. The van der Waals surface area contributed by atoms with Crippen molar-refractivity contribution in [3.63, 3.8) is 0 Å². The second-order valence-corrected chi connectivity index (χ2v) is 9.61. The lowest BCUT2D eigenvalue weighted by Gasteiger charge is -2.21. The lowest BCUT2D eigenvalue weighted by Crippen LogP contribution is -2.44. The van der Waals surface area contributed by atoms with Crippen molar-refractivity contribution >= 4 is 27.5 Å². The Balaban J connectivity index is 1.77. The number of nitrogens with zero attached hydrogens (tertiary/aromatic N) is 6. The van der Waals surface area contributed by atoms with E-state index in [0.717, 1.165) is 10.1 Å². The van der Waals surface area contributed by atoms with Gasteiger partial charge in [0.25, 0.3) is 5.56 Å². The number of para-hydroxylation sites is 1. The minimum Gasteiger partial charge on any atom is -0.496 e. The van der Waals surface area contributed by atoms with Crippen LogP contribution in [0.1, 0.15) is 29.7 Å². The summed E-state index contributed by atoms with van der Waals surface area (Å²) in [5.41, 5.74) is 0.362. The molecular weight excluding hydrogens is 484 g/mol. The number of hydrogen-bond donors (Lipinski definition) is 0. The Morgan fingerprint density at radius 1 is 1.14 bits per heavy atom. The number of carbonyl (C=O) groups excluding carboxylic acids is 1. The van der Waals surface area contributed by atoms with Crippen molar-refractivity contribution in [2.45, 2.75) is 32.0 Å².